The van der Waals surface area contributed by atoms with E-state index in [1.54, 1.807) is 4.68 Å². The van der Waals surface area contributed by atoms with Crippen LogP contribution in [0.2, 0.25) is 5.02 Å². The molecule has 2 heterocycles. The van der Waals surface area contributed by atoms with E-state index < -0.39 is 10.0 Å². The Morgan fingerprint density at radius 1 is 1.11 bits per heavy atom. The highest BCUT2D eigenvalue weighted by Crippen LogP contribution is 2.28. The number of aryl methyl sites for hydroxylation is 2. The van der Waals surface area contributed by atoms with Gasteiger partial charge in [-0.05, 0) is 55.8 Å². The van der Waals surface area contributed by atoms with Crippen LogP contribution in [0.25, 0.3) is 21.9 Å². The summed E-state index contributed by atoms with van der Waals surface area (Å²) in [7, 11) is -3.79. The predicted molar refractivity (Wildman–Crippen MR) is 108 cm³/mol. The van der Waals surface area contributed by atoms with Crippen molar-refractivity contribution < 1.29 is 8.42 Å². The van der Waals surface area contributed by atoms with E-state index in [0.29, 0.717) is 22.6 Å². The molecule has 27 heavy (non-hydrogen) atoms. The lowest BCUT2D eigenvalue weighted by atomic mass is 10.1. The van der Waals surface area contributed by atoms with E-state index in [0.717, 1.165) is 16.5 Å². The second-order valence-electron chi connectivity index (χ2n) is 6.28. The van der Waals surface area contributed by atoms with Gasteiger partial charge in [-0.15, -0.1) is 0 Å². The smallest absolute Gasteiger partial charge is 0.261 e. The molecule has 0 bridgehead atoms. The van der Waals surface area contributed by atoms with Crippen molar-refractivity contribution >= 4 is 49.4 Å². The molecule has 0 aliphatic rings. The van der Waals surface area contributed by atoms with Crippen LogP contribution in [0.5, 0.6) is 0 Å². The van der Waals surface area contributed by atoms with Crippen molar-refractivity contribution in [1.82, 2.24) is 14.8 Å². The summed E-state index contributed by atoms with van der Waals surface area (Å²) in [6.45, 7) is 4.52. The van der Waals surface area contributed by atoms with Crippen molar-refractivity contribution in [1.29, 1.82) is 0 Å². The second-order valence-corrected chi connectivity index (χ2v) is 8.40. The minimum absolute atomic E-state index is 0.121. The largest absolute Gasteiger partial charge is 0.263 e. The number of anilines is 1. The fraction of sp³-hybridized carbons (Fsp3) is 0.158. The van der Waals surface area contributed by atoms with Gasteiger partial charge in [0, 0.05) is 17.0 Å². The number of halogens is 1. The third-order valence-corrected chi connectivity index (χ3v) is 5.93. The number of aromatic nitrogens is 3. The number of benzene rings is 2. The Hall–Kier alpha value is -2.64. The van der Waals surface area contributed by atoms with Crippen LogP contribution in [0.1, 0.15) is 12.5 Å². The first-order chi connectivity index (χ1) is 12.9. The van der Waals surface area contributed by atoms with E-state index in [1.807, 2.05) is 38.1 Å². The maximum Gasteiger partial charge on any atom is 0.263 e. The number of fused-ring (bicyclic) bond motifs is 2. The molecule has 8 heteroatoms. The summed E-state index contributed by atoms with van der Waals surface area (Å²) in [4.78, 5) is 4.81. The first-order valence-electron chi connectivity index (χ1n) is 8.44. The summed E-state index contributed by atoms with van der Waals surface area (Å²) >= 11 is 5.85. The monoisotopic (exact) mass is 400 g/mol. The average Bonchev–Trinajstić information content (AvgIpc) is 2.96. The molecule has 0 radical (unpaired) electrons. The zero-order chi connectivity index (χ0) is 19.2. The van der Waals surface area contributed by atoms with E-state index in [1.165, 1.54) is 24.3 Å². The van der Waals surface area contributed by atoms with Gasteiger partial charge in [-0.2, -0.15) is 5.10 Å². The van der Waals surface area contributed by atoms with Crippen molar-refractivity contribution in [2.75, 3.05) is 4.72 Å². The number of nitrogens with one attached hydrogen (secondary N) is 1. The molecule has 4 rings (SSSR count). The van der Waals surface area contributed by atoms with Crippen LogP contribution in [0.15, 0.2) is 53.4 Å². The molecule has 0 fully saturated rings. The highest BCUT2D eigenvalue weighted by molar-refractivity contribution is 7.92. The molecule has 0 atom stereocenters. The molecule has 0 unspecified atom stereocenters. The molecule has 0 spiro atoms. The van der Waals surface area contributed by atoms with Gasteiger partial charge in [0.1, 0.15) is 0 Å². The van der Waals surface area contributed by atoms with Gasteiger partial charge in [-0.3, -0.25) is 4.72 Å². The highest BCUT2D eigenvalue weighted by Gasteiger charge is 2.20. The van der Waals surface area contributed by atoms with Gasteiger partial charge in [-0.25, -0.2) is 18.1 Å². The minimum atomic E-state index is -3.79. The molecule has 0 saturated carbocycles. The van der Waals surface area contributed by atoms with Gasteiger partial charge < -0.3 is 0 Å². The Labute approximate surface area is 161 Å². The van der Waals surface area contributed by atoms with Crippen LogP contribution in [0.4, 0.5) is 5.82 Å². The van der Waals surface area contributed by atoms with Gasteiger partial charge in [-0.1, -0.05) is 23.7 Å². The number of pyridine rings is 1. The minimum Gasteiger partial charge on any atom is -0.261 e. The molecule has 0 saturated heterocycles. The topological polar surface area (TPSA) is 76.9 Å². The Morgan fingerprint density at radius 2 is 1.85 bits per heavy atom. The molecular weight excluding hydrogens is 384 g/mol. The standard InChI is InChI=1S/C19H17ClN4O2S/c1-3-24-19-16(11-13-5-4-12(2)10-17(13)21-19)18(22-24)23-27(25,26)15-8-6-14(20)7-9-15/h4-11H,3H2,1-2H3,(H,22,23). The molecule has 2 aromatic heterocycles. The predicted octanol–water partition coefficient (Wildman–Crippen LogP) is 4.37. The summed E-state index contributed by atoms with van der Waals surface area (Å²) in [5, 5.41) is 6.48. The summed E-state index contributed by atoms with van der Waals surface area (Å²) < 4.78 is 29.8. The second kappa shape index (κ2) is 6.51. The molecular formula is C19H17ClN4O2S. The Kier molecular flexibility index (Phi) is 4.28. The zero-order valence-corrected chi connectivity index (χ0v) is 16.3. The van der Waals surface area contributed by atoms with Crippen LogP contribution in [0, 0.1) is 6.92 Å². The molecule has 0 amide bonds. The van der Waals surface area contributed by atoms with E-state index in [2.05, 4.69) is 9.82 Å². The first-order valence-corrected chi connectivity index (χ1v) is 10.3. The fourth-order valence-corrected chi connectivity index (χ4v) is 4.10. The molecule has 0 aliphatic heterocycles. The number of hydrogen-bond acceptors (Lipinski definition) is 4. The Balaban J connectivity index is 1.86. The van der Waals surface area contributed by atoms with Crippen molar-refractivity contribution in [2.24, 2.45) is 0 Å². The Morgan fingerprint density at radius 3 is 2.56 bits per heavy atom. The number of nitrogens with zero attached hydrogens (tertiary/aromatic N) is 3. The van der Waals surface area contributed by atoms with Gasteiger partial charge in [0.25, 0.3) is 10.0 Å². The van der Waals surface area contributed by atoms with Gasteiger partial charge in [0.2, 0.25) is 0 Å². The molecule has 1 N–H and O–H groups in total. The van der Waals surface area contributed by atoms with Crippen LogP contribution >= 0.6 is 11.6 Å². The maximum atomic E-state index is 12.7. The van der Waals surface area contributed by atoms with Gasteiger partial charge in [0.05, 0.1) is 15.8 Å². The van der Waals surface area contributed by atoms with E-state index in [-0.39, 0.29) is 10.7 Å². The van der Waals surface area contributed by atoms with E-state index in [9.17, 15) is 8.42 Å². The van der Waals surface area contributed by atoms with E-state index >= 15 is 0 Å². The SMILES string of the molecule is CCn1nc(NS(=O)(=O)c2ccc(Cl)cc2)c2cc3ccc(C)cc3nc21. The van der Waals surface area contributed by atoms with Crippen LogP contribution in [0.3, 0.4) is 0 Å². The van der Waals surface area contributed by atoms with E-state index in [4.69, 9.17) is 16.6 Å². The third kappa shape index (κ3) is 3.24. The highest BCUT2D eigenvalue weighted by atomic mass is 35.5. The number of rotatable bonds is 4. The van der Waals surface area contributed by atoms with Crippen LogP contribution in [-0.2, 0) is 16.6 Å². The molecule has 4 aromatic rings. The summed E-state index contributed by atoms with van der Waals surface area (Å²) in [6, 6.07) is 13.9. The quantitative estimate of drug-likeness (QED) is 0.552. The lowest BCUT2D eigenvalue weighted by Crippen LogP contribution is -2.13. The zero-order valence-electron chi connectivity index (χ0n) is 14.8. The normalized spacial score (nSPS) is 12.0. The summed E-state index contributed by atoms with van der Waals surface area (Å²) in [5.41, 5.74) is 2.61. The lowest BCUT2D eigenvalue weighted by Gasteiger charge is -2.06. The summed E-state index contributed by atoms with van der Waals surface area (Å²) in [6.07, 6.45) is 0. The number of sulfonamides is 1. The molecule has 138 valence electrons. The Bertz CT molecular complexity index is 1260. The summed E-state index contributed by atoms with van der Waals surface area (Å²) in [5.74, 6) is 0.261. The molecule has 6 nitrogen and oxygen atoms in total. The molecule has 0 aliphatic carbocycles. The number of hydrogen-bond donors (Lipinski definition) is 1. The molecule has 2 aromatic carbocycles. The fourth-order valence-electron chi connectivity index (χ4n) is 2.96. The first kappa shape index (κ1) is 17.8. The van der Waals surface area contributed by atoms with Crippen molar-refractivity contribution in [3.8, 4) is 0 Å². The average molecular weight is 401 g/mol. The van der Waals surface area contributed by atoms with Crippen LogP contribution in [-0.4, -0.2) is 23.2 Å². The van der Waals surface area contributed by atoms with Crippen LogP contribution < -0.4 is 4.72 Å². The van der Waals surface area contributed by atoms with Gasteiger partial charge >= 0.3 is 0 Å². The van der Waals surface area contributed by atoms with Crippen molar-refractivity contribution in [2.45, 2.75) is 25.3 Å². The maximum absolute atomic E-state index is 12.7. The van der Waals surface area contributed by atoms with Crippen molar-refractivity contribution in [3.63, 3.8) is 0 Å². The van der Waals surface area contributed by atoms with Gasteiger partial charge in [0.15, 0.2) is 11.5 Å². The lowest BCUT2D eigenvalue weighted by molar-refractivity contribution is 0.600. The third-order valence-electron chi connectivity index (χ3n) is 4.33. The van der Waals surface area contributed by atoms with Crippen molar-refractivity contribution in [3.05, 3.63) is 59.1 Å².